The lowest BCUT2D eigenvalue weighted by Crippen LogP contribution is -2.25. The van der Waals surface area contributed by atoms with Crippen LogP contribution in [0.4, 0.5) is 17.3 Å². The molecule has 0 spiro atoms. The van der Waals surface area contributed by atoms with Gasteiger partial charge in [0.25, 0.3) is 5.91 Å². The number of nitrogens with one attached hydrogen (secondary N) is 2. The molecule has 0 aliphatic heterocycles. The normalized spacial score (nSPS) is 12.5. The molecule has 0 saturated carbocycles. The number of hydrogen-bond acceptors (Lipinski definition) is 8. The first-order valence-electron chi connectivity index (χ1n) is 9.54. The summed E-state index contributed by atoms with van der Waals surface area (Å²) in [6, 6.07) is 8.47. The van der Waals surface area contributed by atoms with Crippen LogP contribution in [0, 0.1) is 12.3 Å². The first-order chi connectivity index (χ1) is 14.1. The van der Waals surface area contributed by atoms with Crippen LogP contribution in [0.1, 0.15) is 48.7 Å². The van der Waals surface area contributed by atoms with Crippen molar-refractivity contribution in [1.82, 2.24) is 15.2 Å². The van der Waals surface area contributed by atoms with Gasteiger partial charge in [-0.05, 0) is 46.9 Å². The highest BCUT2D eigenvalue weighted by atomic mass is 16.6. The minimum absolute atomic E-state index is 0.176. The predicted molar refractivity (Wildman–Crippen MR) is 113 cm³/mol. The van der Waals surface area contributed by atoms with Crippen molar-refractivity contribution in [3.63, 3.8) is 0 Å². The molecule has 0 unspecified atom stereocenters. The maximum atomic E-state index is 12.3. The highest BCUT2D eigenvalue weighted by Gasteiger charge is 2.31. The molecular formula is C21H27N5O4. The van der Waals surface area contributed by atoms with Crippen LogP contribution in [0.2, 0.25) is 0 Å². The summed E-state index contributed by atoms with van der Waals surface area (Å²) in [6.07, 6.45) is 0. The minimum Gasteiger partial charge on any atom is -0.505 e. The number of aromatic hydroxyl groups is 1. The van der Waals surface area contributed by atoms with Gasteiger partial charge < -0.3 is 25.1 Å². The summed E-state index contributed by atoms with van der Waals surface area (Å²) in [4.78, 5) is 13.7. The van der Waals surface area contributed by atoms with Gasteiger partial charge in [-0.25, -0.2) is 4.63 Å². The quantitative estimate of drug-likeness (QED) is 0.512. The van der Waals surface area contributed by atoms with Crippen LogP contribution in [-0.4, -0.2) is 40.3 Å². The van der Waals surface area contributed by atoms with Crippen LogP contribution in [0.25, 0.3) is 0 Å². The molecule has 0 aliphatic carbocycles. The van der Waals surface area contributed by atoms with Crippen LogP contribution < -0.4 is 10.6 Å². The number of hydrogen-bond donors (Lipinski definition) is 3. The first kappa shape index (κ1) is 21.2. The summed E-state index contributed by atoms with van der Waals surface area (Å²) in [5.41, 5.74) is 0.276. The maximum absolute atomic E-state index is 12.3. The molecule has 0 saturated heterocycles. The summed E-state index contributed by atoms with van der Waals surface area (Å²) in [7, 11) is 3.24. The van der Waals surface area contributed by atoms with Gasteiger partial charge in [-0.15, -0.1) is 0 Å². The number of carbonyl (C=O) groups excluding carboxylic acids is 1. The van der Waals surface area contributed by atoms with Crippen molar-refractivity contribution in [1.29, 1.82) is 0 Å². The smallest absolute Gasteiger partial charge is 0.257 e. The van der Waals surface area contributed by atoms with Crippen molar-refractivity contribution < 1.29 is 18.9 Å². The van der Waals surface area contributed by atoms with Crippen LogP contribution in [0.5, 0.6) is 5.75 Å². The SMILES string of the molecule is Cc1ccc([C@H](Nc2nonc2Nc2cccc(C(=O)N(C)C)c2O)C(C)(C)C)o1. The van der Waals surface area contributed by atoms with Crippen molar-refractivity contribution in [2.75, 3.05) is 24.7 Å². The van der Waals surface area contributed by atoms with E-state index in [-0.39, 0.29) is 34.5 Å². The second kappa shape index (κ2) is 8.10. The van der Waals surface area contributed by atoms with E-state index in [0.29, 0.717) is 11.5 Å². The molecule has 1 atom stereocenters. The number of rotatable bonds is 6. The average molecular weight is 413 g/mol. The molecular weight excluding hydrogens is 386 g/mol. The summed E-state index contributed by atoms with van der Waals surface area (Å²) in [5.74, 6) is 1.71. The fourth-order valence-corrected chi connectivity index (χ4v) is 3.01. The Kier molecular flexibility index (Phi) is 5.73. The van der Waals surface area contributed by atoms with E-state index in [1.807, 2.05) is 19.1 Å². The van der Waals surface area contributed by atoms with E-state index in [0.717, 1.165) is 11.5 Å². The van der Waals surface area contributed by atoms with Crippen molar-refractivity contribution in [3.8, 4) is 5.75 Å². The Hall–Kier alpha value is -3.49. The number of nitrogens with zero attached hydrogens (tertiary/aromatic N) is 3. The minimum atomic E-state index is -0.311. The zero-order chi connectivity index (χ0) is 22.1. The number of furan rings is 1. The molecule has 2 heterocycles. The van der Waals surface area contributed by atoms with E-state index in [1.165, 1.54) is 4.90 Å². The van der Waals surface area contributed by atoms with Gasteiger partial charge >= 0.3 is 0 Å². The Balaban J connectivity index is 1.89. The summed E-state index contributed by atoms with van der Waals surface area (Å²) in [6.45, 7) is 8.11. The predicted octanol–water partition coefficient (Wildman–Crippen LogP) is 4.32. The van der Waals surface area contributed by atoms with Gasteiger partial charge in [-0.3, -0.25) is 4.79 Å². The van der Waals surface area contributed by atoms with E-state index in [4.69, 9.17) is 9.05 Å². The van der Waals surface area contributed by atoms with Gasteiger partial charge in [0.15, 0.2) is 5.75 Å². The summed E-state index contributed by atoms with van der Waals surface area (Å²) >= 11 is 0. The molecule has 1 amide bonds. The standard InChI is InChI=1S/C21H27N5O4/c1-12-10-11-15(29-12)17(21(2,3)4)23-19-18(24-30-25-19)22-14-9-7-8-13(16(14)27)20(28)26(5)6/h7-11,17,27H,1-6H3,(H,22,24)(H,23,25)/t17-/m0/s1. The Morgan fingerprint density at radius 2 is 1.83 bits per heavy atom. The van der Waals surface area contributed by atoms with E-state index in [1.54, 1.807) is 32.3 Å². The Bertz CT molecular complexity index is 1030. The molecule has 30 heavy (non-hydrogen) atoms. The molecule has 0 aliphatic rings. The van der Waals surface area contributed by atoms with Crippen molar-refractivity contribution in [3.05, 3.63) is 47.4 Å². The molecule has 1 aromatic carbocycles. The molecule has 3 aromatic rings. The third kappa shape index (κ3) is 4.40. The van der Waals surface area contributed by atoms with Gasteiger partial charge in [-0.2, -0.15) is 0 Å². The van der Waals surface area contributed by atoms with Gasteiger partial charge in [-0.1, -0.05) is 26.8 Å². The highest BCUT2D eigenvalue weighted by molar-refractivity contribution is 5.98. The van der Waals surface area contributed by atoms with Gasteiger partial charge in [0.2, 0.25) is 11.6 Å². The summed E-state index contributed by atoms with van der Waals surface area (Å²) < 4.78 is 10.7. The number of aryl methyl sites for hydroxylation is 1. The highest BCUT2D eigenvalue weighted by Crippen LogP contribution is 2.38. The molecule has 3 N–H and O–H groups in total. The molecule has 0 fully saturated rings. The monoisotopic (exact) mass is 413 g/mol. The molecule has 3 rings (SSSR count). The lowest BCUT2D eigenvalue weighted by molar-refractivity contribution is 0.0824. The van der Waals surface area contributed by atoms with E-state index < -0.39 is 0 Å². The number of phenols is 1. The zero-order valence-electron chi connectivity index (χ0n) is 18.0. The molecule has 9 nitrogen and oxygen atoms in total. The van der Waals surface area contributed by atoms with Crippen molar-refractivity contribution in [2.45, 2.75) is 33.7 Å². The number of para-hydroxylation sites is 1. The molecule has 160 valence electrons. The van der Waals surface area contributed by atoms with E-state index in [2.05, 4.69) is 41.7 Å². The second-order valence-electron chi connectivity index (χ2n) is 8.38. The van der Waals surface area contributed by atoms with E-state index >= 15 is 0 Å². The topological polar surface area (TPSA) is 117 Å². The second-order valence-corrected chi connectivity index (χ2v) is 8.38. The van der Waals surface area contributed by atoms with Gasteiger partial charge in [0, 0.05) is 14.1 Å². The fraction of sp³-hybridized carbons (Fsp3) is 0.381. The van der Waals surface area contributed by atoms with E-state index in [9.17, 15) is 9.90 Å². The van der Waals surface area contributed by atoms with Gasteiger partial charge in [0.1, 0.15) is 11.5 Å². The number of amides is 1. The third-order valence-electron chi connectivity index (χ3n) is 4.61. The molecule has 0 bridgehead atoms. The Morgan fingerprint density at radius 3 is 2.43 bits per heavy atom. The third-order valence-corrected chi connectivity index (χ3v) is 4.61. The van der Waals surface area contributed by atoms with Crippen LogP contribution >= 0.6 is 0 Å². The molecule has 0 radical (unpaired) electrons. The van der Waals surface area contributed by atoms with Crippen LogP contribution in [-0.2, 0) is 0 Å². The Labute approximate surface area is 175 Å². The van der Waals surface area contributed by atoms with Crippen LogP contribution in [0.15, 0.2) is 39.4 Å². The lowest BCUT2D eigenvalue weighted by atomic mass is 9.85. The number of anilines is 3. The van der Waals surface area contributed by atoms with Crippen LogP contribution in [0.3, 0.4) is 0 Å². The number of aromatic nitrogens is 2. The first-order valence-corrected chi connectivity index (χ1v) is 9.54. The fourth-order valence-electron chi connectivity index (χ4n) is 3.01. The largest absolute Gasteiger partial charge is 0.505 e. The van der Waals surface area contributed by atoms with Crippen molar-refractivity contribution in [2.24, 2.45) is 5.41 Å². The van der Waals surface area contributed by atoms with Crippen molar-refractivity contribution >= 4 is 23.2 Å². The zero-order valence-corrected chi connectivity index (χ0v) is 18.0. The van der Waals surface area contributed by atoms with Gasteiger partial charge in [0.05, 0.1) is 17.3 Å². The number of phenolic OH excluding ortho intramolecular Hbond substituents is 1. The number of carbonyl (C=O) groups is 1. The summed E-state index contributed by atoms with van der Waals surface area (Å²) in [5, 5.41) is 24.7. The number of benzene rings is 1. The Morgan fingerprint density at radius 1 is 1.13 bits per heavy atom. The maximum Gasteiger partial charge on any atom is 0.257 e. The molecule has 9 heteroatoms. The molecule has 2 aromatic heterocycles. The average Bonchev–Trinajstić information content (AvgIpc) is 3.28. The lowest BCUT2D eigenvalue weighted by Gasteiger charge is -2.29.